The van der Waals surface area contributed by atoms with Crippen molar-refractivity contribution in [2.24, 2.45) is 0 Å². The zero-order valence-electron chi connectivity index (χ0n) is 52.5. The number of hydrogen-bond donors (Lipinski definition) is 0. The van der Waals surface area contributed by atoms with E-state index in [0.717, 1.165) is 57.8 Å². The summed E-state index contributed by atoms with van der Waals surface area (Å²) < 4.78 is 17.0. The molecule has 0 rings (SSSR count). The highest BCUT2D eigenvalue weighted by Gasteiger charge is 2.19. The molecular formula is C71H136O6. The number of ether oxygens (including phenoxy) is 3. The van der Waals surface area contributed by atoms with Crippen LogP contribution in [0.15, 0.2) is 12.2 Å². The lowest BCUT2D eigenvalue weighted by molar-refractivity contribution is -0.167. The van der Waals surface area contributed by atoms with Crippen molar-refractivity contribution in [1.29, 1.82) is 0 Å². The Morgan fingerprint density at radius 3 is 0.649 bits per heavy atom. The van der Waals surface area contributed by atoms with Gasteiger partial charge in [-0.1, -0.05) is 354 Å². The van der Waals surface area contributed by atoms with Crippen LogP contribution in [-0.4, -0.2) is 37.2 Å². The molecule has 0 radical (unpaired) electrons. The van der Waals surface area contributed by atoms with E-state index >= 15 is 0 Å². The number of carbonyl (C=O) groups is 3. The molecule has 0 aromatic rings. The number of hydrogen-bond acceptors (Lipinski definition) is 6. The SMILES string of the molecule is CCCCCCCC/C=C\CCCCCCCCCC(=O)OCC(COC(=O)CCCCCCCCCCCCCCCCCCCCCCCC)OC(=O)CCCCCCCCCCCCCCCCCCCCCC. The Balaban J connectivity index is 4.28. The molecule has 0 aromatic carbocycles. The molecule has 0 heterocycles. The van der Waals surface area contributed by atoms with Gasteiger partial charge in [0.1, 0.15) is 13.2 Å². The van der Waals surface area contributed by atoms with Gasteiger partial charge in [-0.2, -0.15) is 0 Å². The Morgan fingerprint density at radius 1 is 0.247 bits per heavy atom. The zero-order valence-corrected chi connectivity index (χ0v) is 52.5. The first-order valence-corrected chi connectivity index (χ1v) is 35.2. The summed E-state index contributed by atoms with van der Waals surface area (Å²) in [5.74, 6) is -0.832. The zero-order chi connectivity index (χ0) is 55.7. The summed E-state index contributed by atoms with van der Waals surface area (Å²) in [6.45, 7) is 6.73. The van der Waals surface area contributed by atoms with Crippen LogP contribution >= 0.6 is 0 Å². The second-order valence-corrected chi connectivity index (χ2v) is 24.2. The maximum absolute atomic E-state index is 13.0. The van der Waals surface area contributed by atoms with Crippen LogP contribution in [0, 0.1) is 0 Å². The molecule has 0 saturated heterocycles. The van der Waals surface area contributed by atoms with Crippen LogP contribution in [0.3, 0.4) is 0 Å². The minimum Gasteiger partial charge on any atom is -0.462 e. The molecule has 0 bridgehead atoms. The predicted molar refractivity (Wildman–Crippen MR) is 335 cm³/mol. The third-order valence-electron chi connectivity index (χ3n) is 16.3. The average molecular weight is 1090 g/mol. The monoisotopic (exact) mass is 1090 g/mol. The minimum absolute atomic E-state index is 0.0642. The van der Waals surface area contributed by atoms with Crippen molar-refractivity contribution in [1.82, 2.24) is 0 Å². The van der Waals surface area contributed by atoms with Gasteiger partial charge in [-0.3, -0.25) is 14.4 Å². The lowest BCUT2D eigenvalue weighted by Gasteiger charge is -2.18. The van der Waals surface area contributed by atoms with Crippen molar-refractivity contribution >= 4 is 17.9 Å². The van der Waals surface area contributed by atoms with Crippen LogP contribution in [0.25, 0.3) is 0 Å². The molecule has 0 aliphatic rings. The maximum Gasteiger partial charge on any atom is 0.306 e. The van der Waals surface area contributed by atoms with Gasteiger partial charge in [0.05, 0.1) is 0 Å². The first-order valence-electron chi connectivity index (χ1n) is 35.2. The second-order valence-electron chi connectivity index (χ2n) is 24.2. The molecule has 0 aromatic heterocycles. The van der Waals surface area contributed by atoms with Gasteiger partial charge in [-0.25, -0.2) is 0 Å². The molecule has 0 aliphatic heterocycles. The fraction of sp³-hybridized carbons (Fsp3) is 0.930. The number of rotatable bonds is 66. The van der Waals surface area contributed by atoms with Crippen LogP contribution in [0.5, 0.6) is 0 Å². The van der Waals surface area contributed by atoms with Crippen LogP contribution in [0.2, 0.25) is 0 Å². The van der Waals surface area contributed by atoms with Crippen molar-refractivity contribution in [3.8, 4) is 0 Å². The van der Waals surface area contributed by atoms with Gasteiger partial charge < -0.3 is 14.2 Å². The molecule has 6 heteroatoms. The van der Waals surface area contributed by atoms with Crippen molar-refractivity contribution in [2.45, 2.75) is 412 Å². The molecular weight excluding hydrogens is 949 g/mol. The van der Waals surface area contributed by atoms with Crippen LogP contribution in [-0.2, 0) is 28.6 Å². The average Bonchev–Trinajstić information content (AvgIpc) is 3.43. The minimum atomic E-state index is -0.768. The number of esters is 3. The molecule has 1 unspecified atom stereocenters. The highest BCUT2D eigenvalue weighted by atomic mass is 16.6. The fourth-order valence-electron chi connectivity index (χ4n) is 11.0. The van der Waals surface area contributed by atoms with E-state index in [1.165, 1.54) is 308 Å². The molecule has 77 heavy (non-hydrogen) atoms. The van der Waals surface area contributed by atoms with Crippen molar-refractivity contribution in [3.63, 3.8) is 0 Å². The highest BCUT2D eigenvalue weighted by Crippen LogP contribution is 2.19. The van der Waals surface area contributed by atoms with E-state index in [1.807, 2.05) is 0 Å². The van der Waals surface area contributed by atoms with Gasteiger partial charge in [0.15, 0.2) is 6.10 Å². The predicted octanol–water partition coefficient (Wildman–Crippen LogP) is 24.0. The number of allylic oxidation sites excluding steroid dienone is 2. The summed E-state index contributed by atoms with van der Waals surface area (Å²) in [6, 6.07) is 0. The van der Waals surface area contributed by atoms with E-state index < -0.39 is 6.10 Å². The highest BCUT2D eigenvalue weighted by molar-refractivity contribution is 5.71. The molecule has 0 N–H and O–H groups in total. The summed E-state index contributed by atoms with van der Waals surface area (Å²) >= 11 is 0. The van der Waals surface area contributed by atoms with E-state index in [2.05, 4.69) is 32.9 Å². The van der Waals surface area contributed by atoms with E-state index in [4.69, 9.17) is 14.2 Å². The topological polar surface area (TPSA) is 78.9 Å². The van der Waals surface area contributed by atoms with E-state index in [-0.39, 0.29) is 31.1 Å². The quantitative estimate of drug-likeness (QED) is 0.0261. The Morgan fingerprint density at radius 2 is 0.429 bits per heavy atom. The Bertz CT molecular complexity index is 1200. The summed E-state index contributed by atoms with van der Waals surface area (Å²) in [5.41, 5.74) is 0. The third-order valence-corrected chi connectivity index (χ3v) is 16.3. The molecule has 6 nitrogen and oxygen atoms in total. The lowest BCUT2D eigenvalue weighted by atomic mass is 10.0. The fourth-order valence-corrected chi connectivity index (χ4v) is 11.0. The number of carbonyl (C=O) groups excluding carboxylic acids is 3. The van der Waals surface area contributed by atoms with E-state index in [0.29, 0.717) is 19.3 Å². The molecule has 456 valence electrons. The summed E-state index contributed by atoms with van der Waals surface area (Å²) in [4.78, 5) is 38.4. The van der Waals surface area contributed by atoms with Crippen LogP contribution in [0.4, 0.5) is 0 Å². The summed E-state index contributed by atoms with van der Waals surface area (Å²) in [5, 5.41) is 0. The largest absolute Gasteiger partial charge is 0.462 e. The molecule has 0 amide bonds. The molecule has 0 spiro atoms. The van der Waals surface area contributed by atoms with Gasteiger partial charge in [-0.15, -0.1) is 0 Å². The second kappa shape index (κ2) is 66.7. The smallest absolute Gasteiger partial charge is 0.306 e. The maximum atomic E-state index is 13.0. The van der Waals surface area contributed by atoms with Gasteiger partial charge in [0.2, 0.25) is 0 Å². The van der Waals surface area contributed by atoms with E-state index in [1.54, 1.807) is 0 Å². The molecule has 0 saturated carbocycles. The lowest BCUT2D eigenvalue weighted by Crippen LogP contribution is -2.30. The number of unbranched alkanes of at least 4 members (excludes halogenated alkanes) is 53. The van der Waals surface area contributed by atoms with Crippen molar-refractivity contribution < 1.29 is 28.6 Å². The van der Waals surface area contributed by atoms with Crippen molar-refractivity contribution in [2.75, 3.05) is 13.2 Å². The Kier molecular flexibility index (Phi) is 65.1. The third kappa shape index (κ3) is 64.9. The van der Waals surface area contributed by atoms with Crippen molar-refractivity contribution in [3.05, 3.63) is 12.2 Å². The van der Waals surface area contributed by atoms with Gasteiger partial charge in [0.25, 0.3) is 0 Å². The summed E-state index contributed by atoms with van der Waals surface area (Å²) in [7, 11) is 0. The normalized spacial score (nSPS) is 12.0. The van der Waals surface area contributed by atoms with Gasteiger partial charge in [0, 0.05) is 19.3 Å². The van der Waals surface area contributed by atoms with Gasteiger partial charge >= 0.3 is 17.9 Å². The molecule has 1 atom stereocenters. The Hall–Kier alpha value is -1.85. The first-order chi connectivity index (χ1) is 38.0. The van der Waals surface area contributed by atoms with Crippen LogP contribution < -0.4 is 0 Å². The molecule has 0 aliphatic carbocycles. The standard InChI is InChI=1S/C71H136O6/c1-4-7-10-13-16-19-22-25-28-31-33-35-36-38-40-43-46-49-52-55-58-61-64-70(73)76-67-68(66-75-69(72)63-60-57-54-51-48-45-42-39-30-27-24-21-18-15-12-9-6-3)77-71(74)65-62-59-56-53-50-47-44-41-37-34-32-29-26-23-20-17-14-11-8-5-2/h27,30,68H,4-26,28-29,31-67H2,1-3H3/b30-27-. The Labute approximate surface area is 481 Å². The first kappa shape index (κ1) is 75.2. The van der Waals surface area contributed by atoms with E-state index in [9.17, 15) is 14.4 Å². The van der Waals surface area contributed by atoms with Crippen LogP contribution in [0.1, 0.15) is 406 Å². The van der Waals surface area contributed by atoms with Gasteiger partial charge in [-0.05, 0) is 44.9 Å². The molecule has 0 fully saturated rings. The summed E-state index contributed by atoms with van der Waals surface area (Å²) in [6.07, 6.45) is 79.5.